The second-order valence-corrected chi connectivity index (χ2v) is 8.79. The zero-order valence-electron chi connectivity index (χ0n) is 18.3. The lowest BCUT2D eigenvalue weighted by molar-refractivity contribution is 0.0827. The van der Waals surface area contributed by atoms with Gasteiger partial charge in [0.15, 0.2) is 5.11 Å². The van der Waals surface area contributed by atoms with Gasteiger partial charge in [-0.25, -0.2) is 0 Å². The lowest BCUT2D eigenvalue weighted by Crippen LogP contribution is -2.34. The monoisotopic (exact) mass is 424 g/mol. The Labute approximate surface area is 185 Å². The minimum atomic E-state index is -0.0154. The van der Waals surface area contributed by atoms with E-state index < -0.39 is 0 Å². The van der Waals surface area contributed by atoms with Crippen LogP contribution in [0.1, 0.15) is 48.7 Å². The van der Waals surface area contributed by atoms with E-state index in [1.807, 2.05) is 12.1 Å². The van der Waals surface area contributed by atoms with Crippen molar-refractivity contribution < 1.29 is 4.79 Å². The minimum absolute atomic E-state index is 0.0154. The Morgan fingerprint density at radius 2 is 1.80 bits per heavy atom. The molecule has 30 heavy (non-hydrogen) atoms. The average Bonchev–Trinajstić information content (AvgIpc) is 2.73. The van der Waals surface area contributed by atoms with E-state index in [-0.39, 0.29) is 11.9 Å². The van der Waals surface area contributed by atoms with Crippen LogP contribution in [-0.2, 0) is 0 Å². The number of hydrogen-bond acceptors (Lipinski definition) is 3. The van der Waals surface area contributed by atoms with E-state index >= 15 is 0 Å². The highest BCUT2D eigenvalue weighted by Gasteiger charge is 2.17. The molecule has 3 rings (SSSR count). The molecule has 5 nitrogen and oxygen atoms in total. The van der Waals surface area contributed by atoms with E-state index in [0.29, 0.717) is 10.7 Å². The zero-order chi connectivity index (χ0) is 21.7. The van der Waals surface area contributed by atoms with Crippen molar-refractivity contribution in [3.8, 4) is 0 Å². The molecule has 2 aromatic rings. The number of carbonyl (C=O) groups excluding carboxylic acids is 1. The predicted octanol–water partition coefficient (Wildman–Crippen LogP) is 4.67. The highest BCUT2D eigenvalue weighted by molar-refractivity contribution is 7.80. The third-order valence-corrected chi connectivity index (χ3v) is 5.78. The first-order valence-electron chi connectivity index (χ1n) is 10.6. The quantitative estimate of drug-likeness (QED) is 0.683. The molecule has 1 aliphatic heterocycles. The van der Waals surface area contributed by atoms with Crippen molar-refractivity contribution in [1.29, 1.82) is 0 Å². The molecule has 1 amide bonds. The minimum Gasteiger partial charge on any atom is -0.371 e. The molecule has 2 N–H and O–H groups in total. The summed E-state index contributed by atoms with van der Waals surface area (Å²) in [5, 5.41) is 7.09. The summed E-state index contributed by atoms with van der Waals surface area (Å²) in [7, 11) is 3.49. The number of piperidine rings is 1. The van der Waals surface area contributed by atoms with Crippen molar-refractivity contribution in [3.05, 3.63) is 59.7 Å². The fraction of sp³-hybridized carbons (Fsp3) is 0.417. The van der Waals surface area contributed by atoms with Crippen molar-refractivity contribution in [2.75, 3.05) is 37.4 Å². The Morgan fingerprint density at radius 3 is 2.40 bits per heavy atom. The Bertz CT molecular complexity index is 864. The Morgan fingerprint density at radius 1 is 1.13 bits per heavy atom. The molecule has 0 saturated carbocycles. The highest BCUT2D eigenvalue weighted by Crippen LogP contribution is 2.24. The number of hydrogen-bond donors (Lipinski definition) is 2. The van der Waals surface area contributed by atoms with E-state index in [1.165, 1.54) is 24.1 Å². The van der Waals surface area contributed by atoms with Crippen LogP contribution in [0.15, 0.2) is 48.5 Å². The normalized spacial score (nSPS) is 17.2. The fourth-order valence-corrected chi connectivity index (χ4v) is 4.09. The number of nitrogens with zero attached hydrogens (tertiary/aromatic N) is 2. The summed E-state index contributed by atoms with van der Waals surface area (Å²) in [6, 6.07) is 16.2. The van der Waals surface area contributed by atoms with Crippen LogP contribution in [0.25, 0.3) is 0 Å². The zero-order valence-corrected chi connectivity index (χ0v) is 19.1. The molecular formula is C24H32N4OS. The van der Waals surface area contributed by atoms with Gasteiger partial charge in [-0.2, -0.15) is 0 Å². The first-order valence-corrected chi connectivity index (χ1v) is 11.0. The molecule has 1 fully saturated rings. The molecule has 1 heterocycles. The van der Waals surface area contributed by atoms with Crippen molar-refractivity contribution in [2.45, 2.75) is 32.7 Å². The third-order valence-electron chi connectivity index (χ3n) is 5.56. The summed E-state index contributed by atoms with van der Waals surface area (Å²) in [6.07, 6.45) is 2.60. The average molecular weight is 425 g/mol. The van der Waals surface area contributed by atoms with Crippen LogP contribution in [-0.4, -0.2) is 43.1 Å². The van der Waals surface area contributed by atoms with Crippen molar-refractivity contribution in [1.82, 2.24) is 10.2 Å². The summed E-state index contributed by atoms with van der Waals surface area (Å²) in [4.78, 5) is 16.0. The highest BCUT2D eigenvalue weighted by atomic mass is 32.1. The summed E-state index contributed by atoms with van der Waals surface area (Å²) in [6.45, 7) is 6.71. The van der Waals surface area contributed by atoms with Gasteiger partial charge in [-0.05, 0) is 79.9 Å². The molecule has 2 aromatic carbocycles. The number of rotatable bonds is 5. The first-order chi connectivity index (χ1) is 14.3. The fourth-order valence-electron chi connectivity index (χ4n) is 3.80. The van der Waals surface area contributed by atoms with Gasteiger partial charge in [0.05, 0.1) is 6.04 Å². The molecule has 0 bridgehead atoms. The van der Waals surface area contributed by atoms with Gasteiger partial charge in [0, 0.05) is 44.1 Å². The third kappa shape index (κ3) is 5.72. The Hall–Kier alpha value is -2.60. The molecule has 0 unspecified atom stereocenters. The maximum absolute atomic E-state index is 12.0. The molecule has 6 heteroatoms. The largest absolute Gasteiger partial charge is 0.371 e. The number of thiocarbonyl (C=S) groups is 1. The van der Waals surface area contributed by atoms with Crippen molar-refractivity contribution >= 4 is 34.6 Å². The standard InChI is InChI=1S/C24H32N4OS/c1-17-6-5-15-28(16-17)22-13-9-19(10-14-22)18(2)25-24(30)26-21-11-7-20(8-12-21)23(29)27(3)4/h7-14,17-18H,5-6,15-16H2,1-4H3,(H2,25,26,30)/t17-,18+/m1/s1. The number of nitrogens with one attached hydrogen (secondary N) is 2. The topological polar surface area (TPSA) is 47.6 Å². The van der Waals surface area contributed by atoms with Gasteiger partial charge in [0.25, 0.3) is 5.91 Å². The maximum atomic E-state index is 12.0. The number of carbonyl (C=O) groups is 1. The van der Waals surface area contributed by atoms with Crippen molar-refractivity contribution in [2.24, 2.45) is 5.92 Å². The van der Waals surface area contributed by atoms with Crippen LogP contribution in [0.3, 0.4) is 0 Å². The van der Waals surface area contributed by atoms with Gasteiger partial charge in [-0.15, -0.1) is 0 Å². The van der Waals surface area contributed by atoms with Crippen LogP contribution < -0.4 is 15.5 Å². The van der Waals surface area contributed by atoms with Gasteiger partial charge in [0.2, 0.25) is 0 Å². The van der Waals surface area contributed by atoms with Crippen LogP contribution in [0.2, 0.25) is 0 Å². The molecule has 1 saturated heterocycles. The van der Waals surface area contributed by atoms with Gasteiger partial charge < -0.3 is 20.4 Å². The maximum Gasteiger partial charge on any atom is 0.253 e. The lowest BCUT2D eigenvalue weighted by Gasteiger charge is -2.33. The Kier molecular flexibility index (Phi) is 7.32. The van der Waals surface area contributed by atoms with Crippen LogP contribution in [0, 0.1) is 5.92 Å². The summed E-state index contributed by atoms with van der Waals surface area (Å²) >= 11 is 5.47. The number of anilines is 2. The molecule has 0 spiro atoms. The summed E-state index contributed by atoms with van der Waals surface area (Å²) < 4.78 is 0. The van der Waals surface area contributed by atoms with Gasteiger partial charge in [-0.1, -0.05) is 19.1 Å². The summed E-state index contributed by atoms with van der Waals surface area (Å²) in [5.41, 5.74) is 4.00. The number of benzene rings is 2. The molecule has 2 atom stereocenters. The SMILES string of the molecule is C[C@@H]1CCCN(c2ccc([C@H](C)NC(=S)Nc3ccc(C(=O)N(C)C)cc3)cc2)C1. The van der Waals surface area contributed by atoms with Crippen LogP contribution in [0.5, 0.6) is 0 Å². The van der Waals surface area contributed by atoms with Crippen molar-refractivity contribution in [3.63, 3.8) is 0 Å². The van der Waals surface area contributed by atoms with E-state index in [4.69, 9.17) is 12.2 Å². The molecular weight excluding hydrogens is 392 g/mol. The van der Waals surface area contributed by atoms with Gasteiger partial charge in [-0.3, -0.25) is 4.79 Å². The second-order valence-electron chi connectivity index (χ2n) is 8.38. The number of amides is 1. The molecule has 0 aromatic heterocycles. The van der Waals surface area contributed by atoms with E-state index in [2.05, 4.69) is 53.6 Å². The van der Waals surface area contributed by atoms with E-state index in [1.54, 1.807) is 31.1 Å². The van der Waals surface area contributed by atoms with Gasteiger partial charge in [0.1, 0.15) is 0 Å². The van der Waals surface area contributed by atoms with Gasteiger partial charge >= 0.3 is 0 Å². The lowest BCUT2D eigenvalue weighted by atomic mass is 9.99. The molecule has 0 aliphatic carbocycles. The summed E-state index contributed by atoms with van der Waals surface area (Å²) in [5.74, 6) is 0.746. The van der Waals surface area contributed by atoms with Crippen LogP contribution in [0.4, 0.5) is 11.4 Å². The smallest absolute Gasteiger partial charge is 0.253 e. The second kappa shape index (κ2) is 9.94. The molecule has 160 valence electrons. The Balaban J connectivity index is 1.54. The molecule has 1 aliphatic rings. The first kappa shape index (κ1) is 22.1. The van der Waals surface area contributed by atoms with E-state index in [0.717, 1.165) is 24.7 Å². The van der Waals surface area contributed by atoms with E-state index in [9.17, 15) is 4.79 Å². The van der Waals surface area contributed by atoms with Crippen LogP contribution >= 0.6 is 12.2 Å². The molecule has 0 radical (unpaired) electrons. The predicted molar refractivity (Wildman–Crippen MR) is 129 cm³/mol.